The van der Waals surface area contributed by atoms with Gasteiger partial charge < -0.3 is 19.8 Å². The molecule has 2 atom stereocenters. The van der Waals surface area contributed by atoms with E-state index in [9.17, 15) is 9.90 Å². The number of carbonyl (C=O) groups is 1. The van der Waals surface area contributed by atoms with Gasteiger partial charge in [-0.15, -0.1) is 0 Å². The van der Waals surface area contributed by atoms with Crippen molar-refractivity contribution in [2.75, 3.05) is 19.8 Å². The molecule has 19 heavy (non-hydrogen) atoms. The Bertz CT molecular complexity index is 480. The van der Waals surface area contributed by atoms with Crippen molar-refractivity contribution in [2.45, 2.75) is 19.1 Å². The molecule has 1 aliphatic heterocycles. The first-order valence-corrected chi connectivity index (χ1v) is 6.42. The Balaban J connectivity index is 2.24. The van der Waals surface area contributed by atoms with Gasteiger partial charge in [-0.2, -0.15) is 0 Å². The number of phenols is 1. The van der Waals surface area contributed by atoms with E-state index in [0.717, 1.165) is 0 Å². The fraction of sp³-hybridized carbons (Fsp3) is 0.462. The second-order valence-corrected chi connectivity index (χ2v) is 5.04. The maximum absolute atomic E-state index is 12.4. The van der Waals surface area contributed by atoms with E-state index in [-0.39, 0.29) is 36.0 Å². The minimum atomic E-state index is -0.388. The number of hydrogen-bond acceptors (Lipinski definition) is 4. The van der Waals surface area contributed by atoms with Gasteiger partial charge in [0.15, 0.2) is 0 Å². The third-order valence-electron chi connectivity index (χ3n) is 3.16. The molecule has 1 fully saturated rings. The van der Waals surface area contributed by atoms with Gasteiger partial charge in [0.25, 0.3) is 5.91 Å². The van der Waals surface area contributed by atoms with Crippen LogP contribution in [0.5, 0.6) is 5.75 Å². The standard InChI is InChI=1S/C13H16ClNO4/c1-8-7-19-10(6-16)5-15(8)13(18)11-4-9(14)2-3-12(11)17/h2-4,8,10,16-17H,5-7H2,1H3. The lowest BCUT2D eigenvalue weighted by Crippen LogP contribution is -2.52. The van der Waals surface area contributed by atoms with E-state index in [1.54, 1.807) is 4.90 Å². The smallest absolute Gasteiger partial charge is 0.258 e. The van der Waals surface area contributed by atoms with Crippen LogP contribution in [0.25, 0.3) is 0 Å². The van der Waals surface area contributed by atoms with Gasteiger partial charge in [-0.3, -0.25) is 4.79 Å². The van der Waals surface area contributed by atoms with Gasteiger partial charge in [0.2, 0.25) is 0 Å². The average Bonchev–Trinajstić information content (AvgIpc) is 2.41. The van der Waals surface area contributed by atoms with Crippen molar-refractivity contribution < 1.29 is 19.7 Å². The summed E-state index contributed by atoms with van der Waals surface area (Å²) in [5.41, 5.74) is 0.165. The zero-order valence-electron chi connectivity index (χ0n) is 10.5. The number of nitrogens with zero attached hydrogens (tertiary/aromatic N) is 1. The van der Waals surface area contributed by atoms with Crippen molar-refractivity contribution in [3.8, 4) is 5.75 Å². The highest BCUT2D eigenvalue weighted by Gasteiger charge is 2.31. The minimum absolute atomic E-state index is 0.103. The van der Waals surface area contributed by atoms with E-state index in [0.29, 0.717) is 18.2 Å². The quantitative estimate of drug-likeness (QED) is 0.858. The van der Waals surface area contributed by atoms with Gasteiger partial charge >= 0.3 is 0 Å². The molecule has 0 bridgehead atoms. The maximum Gasteiger partial charge on any atom is 0.258 e. The highest BCUT2D eigenvalue weighted by molar-refractivity contribution is 6.31. The largest absolute Gasteiger partial charge is 0.507 e. The molecule has 2 N–H and O–H groups in total. The summed E-state index contributed by atoms with van der Waals surface area (Å²) in [5.74, 6) is -0.414. The summed E-state index contributed by atoms with van der Waals surface area (Å²) < 4.78 is 5.38. The molecule has 1 heterocycles. The molecule has 5 nitrogen and oxygen atoms in total. The number of phenolic OH excluding ortho intramolecular Hbond substituents is 1. The van der Waals surface area contributed by atoms with Crippen LogP contribution in [0.1, 0.15) is 17.3 Å². The predicted octanol–water partition coefficient (Wildman–Crippen LogP) is 1.27. The molecule has 6 heteroatoms. The Hall–Kier alpha value is -1.30. The van der Waals surface area contributed by atoms with Gasteiger partial charge in [0.1, 0.15) is 5.75 Å². The summed E-state index contributed by atoms with van der Waals surface area (Å²) in [6.45, 7) is 2.37. The minimum Gasteiger partial charge on any atom is -0.507 e. The monoisotopic (exact) mass is 285 g/mol. The molecule has 1 amide bonds. The molecule has 2 unspecified atom stereocenters. The number of morpholine rings is 1. The summed E-state index contributed by atoms with van der Waals surface area (Å²) >= 11 is 5.85. The number of benzene rings is 1. The highest BCUT2D eigenvalue weighted by atomic mass is 35.5. The van der Waals surface area contributed by atoms with Crippen molar-refractivity contribution in [2.24, 2.45) is 0 Å². The molecule has 1 aliphatic rings. The Morgan fingerprint density at radius 2 is 2.32 bits per heavy atom. The third kappa shape index (κ3) is 3.00. The van der Waals surface area contributed by atoms with E-state index in [2.05, 4.69) is 0 Å². The van der Waals surface area contributed by atoms with Crippen molar-refractivity contribution in [1.82, 2.24) is 4.90 Å². The van der Waals surface area contributed by atoms with Crippen LogP contribution in [0.4, 0.5) is 0 Å². The number of carbonyl (C=O) groups excluding carboxylic acids is 1. The van der Waals surface area contributed by atoms with E-state index >= 15 is 0 Å². The Morgan fingerprint density at radius 3 is 3.00 bits per heavy atom. The predicted molar refractivity (Wildman–Crippen MR) is 70.4 cm³/mol. The Labute approximate surface area is 116 Å². The fourth-order valence-electron chi connectivity index (χ4n) is 2.05. The fourth-order valence-corrected chi connectivity index (χ4v) is 2.22. The first-order valence-electron chi connectivity index (χ1n) is 6.05. The van der Waals surface area contributed by atoms with Gasteiger partial charge in [-0.05, 0) is 25.1 Å². The van der Waals surface area contributed by atoms with Crippen LogP contribution in [0.3, 0.4) is 0 Å². The van der Waals surface area contributed by atoms with Gasteiger partial charge in [0.05, 0.1) is 30.9 Å². The van der Waals surface area contributed by atoms with E-state index in [1.807, 2.05) is 6.92 Å². The molecule has 104 valence electrons. The van der Waals surface area contributed by atoms with Crippen LogP contribution < -0.4 is 0 Å². The lowest BCUT2D eigenvalue weighted by molar-refractivity contribution is -0.0667. The normalized spacial score (nSPS) is 23.4. The van der Waals surface area contributed by atoms with E-state index in [1.165, 1.54) is 18.2 Å². The third-order valence-corrected chi connectivity index (χ3v) is 3.39. The number of aliphatic hydroxyl groups is 1. The lowest BCUT2D eigenvalue weighted by atomic mass is 10.1. The number of aliphatic hydroxyl groups excluding tert-OH is 1. The first kappa shape index (κ1) is 14.1. The number of ether oxygens (including phenoxy) is 1. The van der Waals surface area contributed by atoms with Gasteiger partial charge in [-0.25, -0.2) is 0 Å². The zero-order chi connectivity index (χ0) is 14.0. The van der Waals surface area contributed by atoms with Crippen molar-refractivity contribution in [3.05, 3.63) is 28.8 Å². The van der Waals surface area contributed by atoms with Gasteiger partial charge in [-0.1, -0.05) is 11.6 Å². The molecule has 1 aromatic carbocycles. The van der Waals surface area contributed by atoms with E-state index in [4.69, 9.17) is 21.4 Å². The van der Waals surface area contributed by atoms with Crippen molar-refractivity contribution >= 4 is 17.5 Å². The molecule has 0 spiro atoms. The van der Waals surface area contributed by atoms with Crippen molar-refractivity contribution in [3.63, 3.8) is 0 Å². The number of amides is 1. The summed E-state index contributed by atoms with van der Waals surface area (Å²) in [6, 6.07) is 4.24. The second-order valence-electron chi connectivity index (χ2n) is 4.61. The molecular weight excluding hydrogens is 270 g/mol. The van der Waals surface area contributed by atoms with Crippen LogP contribution in [0.15, 0.2) is 18.2 Å². The molecule has 2 rings (SSSR count). The molecule has 0 radical (unpaired) electrons. The summed E-state index contributed by atoms with van der Waals surface area (Å²) in [4.78, 5) is 14.0. The topological polar surface area (TPSA) is 70.0 Å². The average molecular weight is 286 g/mol. The van der Waals surface area contributed by atoms with Crippen LogP contribution >= 0.6 is 11.6 Å². The molecular formula is C13H16ClNO4. The highest BCUT2D eigenvalue weighted by Crippen LogP contribution is 2.25. The molecule has 1 saturated heterocycles. The molecule has 0 saturated carbocycles. The number of hydrogen-bond donors (Lipinski definition) is 2. The van der Waals surface area contributed by atoms with Crippen LogP contribution in [0, 0.1) is 0 Å². The van der Waals surface area contributed by atoms with Gasteiger partial charge in [0, 0.05) is 11.6 Å². The van der Waals surface area contributed by atoms with E-state index < -0.39 is 0 Å². The zero-order valence-corrected chi connectivity index (χ0v) is 11.3. The first-order chi connectivity index (χ1) is 9.02. The van der Waals surface area contributed by atoms with Crippen molar-refractivity contribution in [1.29, 1.82) is 0 Å². The number of rotatable bonds is 2. The summed E-state index contributed by atoms with van der Waals surface area (Å²) in [6.07, 6.45) is -0.388. The van der Waals surface area contributed by atoms with Crippen LogP contribution in [-0.4, -0.2) is 52.9 Å². The number of aromatic hydroxyl groups is 1. The summed E-state index contributed by atoms with van der Waals surface area (Å²) in [5, 5.41) is 19.3. The maximum atomic E-state index is 12.4. The van der Waals surface area contributed by atoms with Crippen LogP contribution in [0.2, 0.25) is 5.02 Å². The SMILES string of the molecule is CC1COC(CO)CN1C(=O)c1cc(Cl)ccc1O. The molecule has 0 aromatic heterocycles. The lowest BCUT2D eigenvalue weighted by Gasteiger charge is -2.37. The Morgan fingerprint density at radius 1 is 1.58 bits per heavy atom. The number of halogens is 1. The van der Waals surface area contributed by atoms with Crippen LogP contribution in [-0.2, 0) is 4.74 Å². The molecule has 1 aromatic rings. The Kier molecular flexibility index (Phi) is 4.29. The summed E-state index contributed by atoms with van der Waals surface area (Å²) in [7, 11) is 0. The molecule has 0 aliphatic carbocycles. The second kappa shape index (κ2) is 5.77.